The van der Waals surface area contributed by atoms with Crippen LogP contribution in [0.1, 0.15) is 69.5 Å². The van der Waals surface area contributed by atoms with Crippen molar-refractivity contribution in [2.75, 3.05) is 0 Å². The van der Waals surface area contributed by atoms with Crippen LogP contribution < -0.4 is 0 Å². The lowest BCUT2D eigenvalue weighted by Crippen LogP contribution is -2.32. The Morgan fingerprint density at radius 1 is 0.957 bits per heavy atom. The van der Waals surface area contributed by atoms with Gasteiger partial charge >= 0.3 is 5.97 Å². The molecule has 126 valence electrons. The van der Waals surface area contributed by atoms with Crippen LogP contribution in [0.5, 0.6) is 0 Å². The van der Waals surface area contributed by atoms with E-state index in [-0.39, 0.29) is 0 Å². The van der Waals surface area contributed by atoms with Crippen LogP contribution in [0.2, 0.25) is 0 Å². The maximum absolute atomic E-state index is 11.9. The van der Waals surface area contributed by atoms with Crippen LogP contribution in [0.4, 0.5) is 0 Å². The number of hydrogen-bond acceptors (Lipinski definition) is 3. The van der Waals surface area contributed by atoms with E-state index >= 15 is 0 Å². The van der Waals surface area contributed by atoms with Gasteiger partial charge in [-0.2, -0.15) is 0 Å². The molecule has 4 nitrogen and oxygen atoms in total. The largest absolute Gasteiger partial charge is 0.480 e. The van der Waals surface area contributed by atoms with E-state index in [2.05, 4.69) is 13.8 Å². The molecule has 1 N–H and O–H groups in total. The molecule has 0 aliphatic heterocycles. The third-order valence-corrected chi connectivity index (χ3v) is 4.29. The van der Waals surface area contributed by atoms with E-state index in [0.29, 0.717) is 11.5 Å². The number of aryl methyl sites for hydroxylation is 2. The minimum Gasteiger partial charge on any atom is -0.480 e. The van der Waals surface area contributed by atoms with Gasteiger partial charge in [0.15, 0.2) is 5.41 Å². The van der Waals surface area contributed by atoms with Crippen molar-refractivity contribution >= 4 is 5.97 Å². The van der Waals surface area contributed by atoms with Crippen molar-refractivity contribution in [2.24, 2.45) is 0 Å². The van der Waals surface area contributed by atoms with Crippen molar-refractivity contribution in [1.29, 1.82) is 0 Å². The summed E-state index contributed by atoms with van der Waals surface area (Å²) in [6.45, 7) is 5.87. The summed E-state index contributed by atoms with van der Waals surface area (Å²) in [7, 11) is 0. The fourth-order valence-electron chi connectivity index (χ4n) is 2.60. The average molecular weight is 318 g/mol. The molecule has 0 atom stereocenters. The molecule has 0 saturated heterocycles. The van der Waals surface area contributed by atoms with Gasteiger partial charge in [-0.25, -0.2) is 0 Å². The molecule has 2 aromatic heterocycles. The van der Waals surface area contributed by atoms with Crippen LogP contribution in [0.3, 0.4) is 0 Å². The zero-order valence-electron chi connectivity index (χ0n) is 14.2. The van der Waals surface area contributed by atoms with Crippen molar-refractivity contribution in [2.45, 2.75) is 64.7 Å². The number of furan rings is 2. The minimum absolute atomic E-state index is 0.424. The van der Waals surface area contributed by atoms with Gasteiger partial charge in [-0.3, -0.25) is 4.79 Å². The fraction of sp³-hybridized carbons (Fsp3) is 0.526. The Balaban J connectivity index is 2.29. The van der Waals surface area contributed by atoms with E-state index in [1.165, 1.54) is 0 Å². The van der Waals surface area contributed by atoms with Crippen LogP contribution in [-0.2, 0) is 23.1 Å². The number of carboxylic acid groups (broad SMARTS) is 1. The molecule has 2 heterocycles. The molecular weight excluding hydrogens is 292 g/mol. The first-order valence-electron chi connectivity index (χ1n) is 8.44. The van der Waals surface area contributed by atoms with Gasteiger partial charge in [-0.05, 0) is 44.0 Å². The van der Waals surface area contributed by atoms with E-state index in [4.69, 9.17) is 8.83 Å². The molecule has 23 heavy (non-hydrogen) atoms. The van der Waals surface area contributed by atoms with Gasteiger partial charge in [-0.15, -0.1) is 0 Å². The minimum atomic E-state index is -1.30. The lowest BCUT2D eigenvalue weighted by molar-refractivity contribution is -0.142. The average Bonchev–Trinajstić information content (AvgIpc) is 3.19. The normalized spacial score (nSPS) is 11.8. The van der Waals surface area contributed by atoms with Crippen LogP contribution >= 0.6 is 0 Å². The zero-order chi connectivity index (χ0) is 16.9. The highest BCUT2D eigenvalue weighted by atomic mass is 16.4. The first-order valence-corrected chi connectivity index (χ1v) is 8.44. The molecule has 0 fully saturated rings. The highest BCUT2D eigenvalue weighted by Gasteiger charge is 2.43. The van der Waals surface area contributed by atoms with E-state index in [9.17, 15) is 9.90 Å². The van der Waals surface area contributed by atoms with Crippen LogP contribution in [-0.4, -0.2) is 11.1 Å². The topological polar surface area (TPSA) is 63.6 Å². The maximum atomic E-state index is 11.9. The standard InChI is InChI=1S/C19H26O4/c1-4-6-8-14-10-12-16(22-14)19(3,18(20)21)17-13-11-15(23-17)9-7-5-2/h10-13H,4-9H2,1-3H3,(H,20,21). The van der Waals surface area contributed by atoms with Gasteiger partial charge in [0.2, 0.25) is 0 Å². The van der Waals surface area contributed by atoms with E-state index in [1.54, 1.807) is 19.1 Å². The summed E-state index contributed by atoms with van der Waals surface area (Å²) in [4.78, 5) is 11.9. The molecule has 0 saturated carbocycles. The second-order valence-corrected chi connectivity index (χ2v) is 6.17. The molecular formula is C19H26O4. The van der Waals surface area contributed by atoms with Gasteiger partial charge in [0, 0.05) is 12.8 Å². The number of hydrogen-bond donors (Lipinski definition) is 1. The third-order valence-electron chi connectivity index (χ3n) is 4.29. The second kappa shape index (κ2) is 7.53. The smallest absolute Gasteiger partial charge is 0.324 e. The summed E-state index contributed by atoms with van der Waals surface area (Å²) < 4.78 is 11.6. The van der Waals surface area contributed by atoms with E-state index in [1.807, 2.05) is 12.1 Å². The number of unbranched alkanes of at least 4 members (excludes halogenated alkanes) is 2. The predicted molar refractivity (Wildman–Crippen MR) is 88.7 cm³/mol. The van der Waals surface area contributed by atoms with E-state index < -0.39 is 11.4 Å². The highest BCUT2D eigenvalue weighted by Crippen LogP contribution is 2.35. The van der Waals surface area contributed by atoms with Gasteiger partial charge in [-0.1, -0.05) is 26.7 Å². The number of carboxylic acids is 1. The van der Waals surface area contributed by atoms with Gasteiger partial charge < -0.3 is 13.9 Å². The zero-order valence-corrected chi connectivity index (χ0v) is 14.2. The molecule has 0 amide bonds. The van der Waals surface area contributed by atoms with Gasteiger partial charge in [0.05, 0.1) is 0 Å². The van der Waals surface area contributed by atoms with Gasteiger partial charge in [0.25, 0.3) is 0 Å². The molecule has 2 rings (SSSR count). The third kappa shape index (κ3) is 3.69. The number of aliphatic carboxylic acids is 1. The molecule has 0 aliphatic rings. The molecule has 0 bridgehead atoms. The molecule has 4 heteroatoms. The first-order chi connectivity index (χ1) is 11.0. The second-order valence-electron chi connectivity index (χ2n) is 6.17. The SMILES string of the molecule is CCCCc1ccc(C(C)(C(=O)O)c2ccc(CCCC)o2)o1. The lowest BCUT2D eigenvalue weighted by atomic mass is 9.85. The van der Waals surface area contributed by atoms with Crippen molar-refractivity contribution in [3.63, 3.8) is 0 Å². The van der Waals surface area contributed by atoms with Crippen LogP contribution in [0.15, 0.2) is 33.1 Å². The van der Waals surface area contributed by atoms with Crippen LogP contribution in [0, 0.1) is 0 Å². The van der Waals surface area contributed by atoms with Crippen molar-refractivity contribution < 1.29 is 18.7 Å². The molecule has 2 aromatic rings. The van der Waals surface area contributed by atoms with Crippen molar-refractivity contribution in [1.82, 2.24) is 0 Å². The Kier molecular flexibility index (Phi) is 5.69. The highest BCUT2D eigenvalue weighted by molar-refractivity contribution is 5.83. The molecule has 0 spiro atoms. The summed E-state index contributed by atoms with van der Waals surface area (Å²) in [5.74, 6) is 1.53. The Hall–Kier alpha value is -1.97. The lowest BCUT2D eigenvalue weighted by Gasteiger charge is -2.20. The Morgan fingerprint density at radius 3 is 1.74 bits per heavy atom. The Bertz CT molecular complexity index is 589. The van der Waals surface area contributed by atoms with Crippen LogP contribution in [0.25, 0.3) is 0 Å². The summed E-state index contributed by atoms with van der Waals surface area (Å²) in [5.41, 5.74) is -1.30. The summed E-state index contributed by atoms with van der Waals surface area (Å²) in [6.07, 6.45) is 5.85. The van der Waals surface area contributed by atoms with Gasteiger partial charge in [0.1, 0.15) is 23.0 Å². The summed E-state index contributed by atoms with van der Waals surface area (Å²) in [6, 6.07) is 7.25. The predicted octanol–water partition coefficient (Wildman–Crippen LogP) is 4.95. The summed E-state index contributed by atoms with van der Waals surface area (Å²) in [5, 5.41) is 9.79. The van der Waals surface area contributed by atoms with E-state index in [0.717, 1.165) is 50.0 Å². The molecule has 0 unspecified atom stereocenters. The molecule has 0 radical (unpaired) electrons. The molecule has 0 aromatic carbocycles. The van der Waals surface area contributed by atoms with Crippen molar-refractivity contribution in [3.05, 3.63) is 47.3 Å². The maximum Gasteiger partial charge on any atom is 0.324 e. The van der Waals surface area contributed by atoms with Crippen molar-refractivity contribution in [3.8, 4) is 0 Å². The number of carbonyl (C=O) groups is 1. The number of rotatable bonds is 9. The molecule has 0 aliphatic carbocycles. The monoisotopic (exact) mass is 318 g/mol. The quantitative estimate of drug-likeness (QED) is 0.710. The summed E-state index contributed by atoms with van der Waals surface area (Å²) >= 11 is 0. The fourth-order valence-corrected chi connectivity index (χ4v) is 2.60. The Labute approximate surface area is 137 Å². The Morgan fingerprint density at radius 2 is 1.39 bits per heavy atom. The first kappa shape index (κ1) is 17.4.